The molecule has 1 N–H and O–H groups in total. The SMILES string of the molecule is CCC(CC)N(CCCC1CCCN1)CCOC. The molecule has 0 amide bonds. The summed E-state index contributed by atoms with van der Waals surface area (Å²) in [4.78, 5) is 2.62. The molecule has 1 aliphatic rings. The van der Waals surface area contributed by atoms with Crippen molar-refractivity contribution in [2.75, 3.05) is 33.4 Å². The predicted octanol–water partition coefficient (Wildman–Crippen LogP) is 2.66. The molecule has 0 bridgehead atoms. The van der Waals surface area contributed by atoms with Gasteiger partial charge >= 0.3 is 0 Å². The maximum Gasteiger partial charge on any atom is 0.0589 e. The summed E-state index contributed by atoms with van der Waals surface area (Å²) in [6.45, 7) is 9.00. The zero-order valence-corrected chi connectivity index (χ0v) is 12.6. The van der Waals surface area contributed by atoms with Gasteiger partial charge in [-0.05, 0) is 51.6 Å². The van der Waals surface area contributed by atoms with Gasteiger partial charge in [0.1, 0.15) is 0 Å². The van der Waals surface area contributed by atoms with Crippen molar-refractivity contribution in [1.82, 2.24) is 10.2 Å². The maximum atomic E-state index is 5.24. The van der Waals surface area contributed by atoms with Gasteiger partial charge in [0, 0.05) is 25.7 Å². The van der Waals surface area contributed by atoms with Crippen LogP contribution in [0, 0.1) is 0 Å². The topological polar surface area (TPSA) is 24.5 Å². The highest BCUT2D eigenvalue weighted by Crippen LogP contribution is 2.14. The summed E-state index contributed by atoms with van der Waals surface area (Å²) in [5.41, 5.74) is 0. The summed E-state index contributed by atoms with van der Waals surface area (Å²) in [7, 11) is 1.80. The number of nitrogens with one attached hydrogen (secondary N) is 1. The molecule has 1 rings (SSSR count). The van der Waals surface area contributed by atoms with E-state index in [4.69, 9.17) is 4.74 Å². The van der Waals surface area contributed by atoms with Crippen molar-refractivity contribution in [3.63, 3.8) is 0 Å². The lowest BCUT2D eigenvalue weighted by atomic mass is 10.1. The Labute approximate surface area is 113 Å². The maximum absolute atomic E-state index is 5.24. The summed E-state index contributed by atoms with van der Waals surface area (Å²) >= 11 is 0. The van der Waals surface area contributed by atoms with Crippen molar-refractivity contribution < 1.29 is 4.74 Å². The van der Waals surface area contributed by atoms with E-state index in [2.05, 4.69) is 24.1 Å². The van der Waals surface area contributed by atoms with E-state index in [-0.39, 0.29) is 0 Å². The second-order valence-electron chi connectivity index (χ2n) is 5.43. The molecule has 3 heteroatoms. The summed E-state index contributed by atoms with van der Waals surface area (Å²) in [5, 5.41) is 3.59. The van der Waals surface area contributed by atoms with Crippen LogP contribution in [0.15, 0.2) is 0 Å². The third-order valence-electron chi connectivity index (χ3n) is 4.20. The average molecular weight is 256 g/mol. The number of hydrogen-bond acceptors (Lipinski definition) is 3. The van der Waals surface area contributed by atoms with E-state index in [1.165, 1.54) is 51.6 Å². The number of nitrogens with zero attached hydrogens (tertiary/aromatic N) is 1. The van der Waals surface area contributed by atoms with E-state index in [1.54, 1.807) is 7.11 Å². The Kier molecular flexibility index (Phi) is 8.64. The van der Waals surface area contributed by atoms with Crippen molar-refractivity contribution >= 4 is 0 Å². The normalized spacial score (nSPS) is 20.2. The Bertz CT molecular complexity index is 189. The zero-order valence-electron chi connectivity index (χ0n) is 12.6. The minimum atomic E-state index is 0.733. The molecule has 1 saturated heterocycles. The Hall–Kier alpha value is -0.120. The Morgan fingerprint density at radius 2 is 2.06 bits per heavy atom. The van der Waals surface area contributed by atoms with Gasteiger partial charge in [0.2, 0.25) is 0 Å². The lowest BCUT2D eigenvalue weighted by molar-refractivity contribution is 0.113. The van der Waals surface area contributed by atoms with Crippen LogP contribution in [0.2, 0.25) is 0 Å². The first-order valence-corrected chi connectivity index (χ1v) is 7.78. The van der Waals surface area contributed by atoms with E-state index in [9.17, 15) is 0 Å². The Morgan fingerprint density at radius 3 is 2.61 bits per heavy atom. The van der Waals surface area contributed by atoms with Crippen LogP contribution in [0.25, 0.3) is 0 Å². The smallest absolute Gasteiger partial charge is 0.0589 e. The van der Waals surface area contributed by atoms with Crippen LogP contribution < -0.4 is 5.32 Å². The molecule has 0 aromatic carbocycles. The monoisotopic (exact) mass is 256 g/mol. The predicted molar refractivity (Wildman–Crippen MR) is 78.1 cm³/mol. The zero-order chi connectivity index (χ0) is 13.2. The molecular weight excluding hydrogens is 224 g/mol. The van der Waals surface area contributed by atoms with Gasteiger partial charge in [-0.1, -0.05) is 13.8 Å². The molecule has 108 valence electrons. The number of methoxy groups -OCH3 is 1. The molecule has 0 spiro atoms. The highest BCUT2D eigenvalue weighted by molar-refractivity contribution is 4.75. The quantitative estimate of drug-likeness (QED) is 0.650. The highest BCUT2D eigenvalue weighted by atomic mass is 16.5. The molecule has 0 aromatic heterocycles. The van der Waals surface area contributed by atoms with Crippen molar-refractivity contribution in [1.29, 1.82) is 0 Å². The van der Waals surface area contributed by atoms with Gasteiger partial charge in [-0.3, -0.25) is 4.90 Å². The second-order valence-corrected chi connectivity index (χ2v) is 5.43. The van der Waals surface area contributed by atoms with Crippen LogP contribution in [0.4, 0.5) is 0 Å². The van der Waals surface area contributed by atoms with Gasteiger partial charge < -0.3 is 10.1 Å². The van der Waals surface area contributed by atoms with Gasteiger partial charge in [-0.25, -0.2) is 0 Å². The fourth-order valence-electron chi connectivity index (χ4n) is 3.03. The van der Waals surface area contributed by atoms with Crippen molar-refractivity contribution in [2.24, 2.45) is 0 Å². The van der Waals surface area contributed by atoms with Crippen LogP contribution >= 0.6 is 0 Å². The third kappa shape index (κ3) is 5.68. The molecule has 1 fully saturated rings. The standard InChI is InChI=1S/C15H32N2O/c1-4-15(5-2)17(12-13-18-3)11-7-9-14-8-6-10-16-14/h14-16H,4-13H2,1-3H3. The first-order valence-electron chi connectivity index (χ1n) is 7.78. The molecule has 0 aromatic rings. The molecule has 18 heavy (non-hydrogen) atoms. The second kappa shape index (κ2) is 9.76. The van der Waals surface area contributed by atoms with Gasteiger partial charge in [0.05, 0.1) is 6.61 Å². The first-order chi connectivity index (χ1) is 8.81. The van der Waals surface area contributed by atoms with Gasteiger partial charge in [0.25, 0.3) is 0 Å². The number of hydrogen-bond donors (Lipinski definition) is 1. The molecule has 1 atom stereocenters. The van der Waals surface area contributed by atoms with E-state index in [1.807, 2.05) is 0 Å². The highest BCUT2D eigenvalue weighted by Gasteiger charge is 2.17. The summed E-state index contributed by atoms with van der Waals surface area (Å²) in [5.74, 6) is 0. The van der Waals surface area contributed by atoms with Crippen LogP contribution in [0.3, 0.4) is 0 Å². The molecule has 0 radical (unpaired) electrons. The van der Waals surface area contributed by atoms with Crippen molar-refractivity contribution in [2.45, 2.75) is 64.5 Å². The van der Waals surface area contributed by atoms with Crippen molar-refractivity contribution in [3.8, 4) is 0 Å². The lowest BCUT2D eigenvalue weighted by Gasteiger charge is -2.30. The first kappa shape index (κ1) is 15.9. The lowest BCUT2D eigenvalue weighted by Crippen LogP contribution is -2.38. The van der Waals surface area contributed by atoms with E-state index < -0.39 is 0 Å². The summed E-state index contributed by atoms with van der Waals surface area (Å²) in [6.07, 6.45) is 7.90. The molecule has 1 unspecified atom stereocenters. The summed E-state index contributed by atoms with van der Waals surface area (Å²) in [6, 6.07) is 1.52. The summed E-state index contributed by atoms with van der Waals surface area (Å²) < 4.78 is 5.24. The van der Waals surface area contributed by atoms with Crippen LogP contribution in [0.1, 0.15) is 52.4 Å². The molecule has 1 heterocycles. The van der Waals surface area contributed by atoms with E-state index in [0.29, 0.717) is 0 Å². The average Bonchev–Trinajstić information content (AvgIpc) is 2.89. The van der Waals surface area contributed by atoms with Gasteiger partial charge in [0.15, 0.2) is 0 Å². The number of rotatable bonds is 10. The minimum Gasteiger partial charge on any atom is -0.383 e. The molecular formula is C15H32N2O. The largest absolute Gasteiger partial charge is 0.383 e. The van der Waals surface area contributed by atoms with Gasteiger partial charge in [-0.15, -0.1) is 0 Å². The van der Waals surface area contributed by atoms with E-state index in [0.717, 1.165) is 25.2 Å². The molecule has 3 nitrogen and oxygen atoms in total. The van der Waals surface area contributed by atoms with Gasteiger partial charge in [-0.2, -0.15) is 0 Å². The molecule has 0 aliphatic carbocycles. The fourth-order valence-corrected chi connectivity index (χ4v) is 3.03. The van der Waals surface area contributed by atoms with Crippen LogP contribution in [0.5, 0.6) is 0 Å². The number of ether oxygens (including phenoxy) is 1. The minimum absolute atomic E-state index is 0.733. The van der Waals surface area contributed by atoms with Crippen molar-refractivity contribution in [3.05, 3.63) is 0 Å². The molecule has 1 aliphatic heterocycles. The van der Waals surface area contributed by atoms with Crippen LogP contribution in [-0.2, 0) is 4.74 Å². The molecule has 0 saturated carbocycles. The fraction of sp³-hybridized carbons (Fsp3) is 1.00. The van der Waals surface area contributed by atoms with Crippen LogP contribution in [-0.4, -0.2) is 50.3 Å². The van der Waals surface area contributed by atoms with E-state index >= 15 is 0 Å². The Morgan fingerprint density at radius 1 is 1.28 bits per heavy atom. The Balaban J connectivity index is 2.25. The third-order valence-corrected chi connectivity index (χ3v) is 4.20.